The molecule has 0 radical (unpaired) electrons. The van der Waals surface area contributed by atoms with Crippen LogP contribution in [-0.2, 0) is 0 Å². The van der Waals surface area contributed by atoms with E-state index in [0.29, 0.717) is 0 Å². The molecule has 0 N–H and O–H groups in total. The molecule has 0 unspecified atom stereocenters. The molecule has 1 aromatic heterocycles. The van der Waals surface area contributed by atoms with Crippen LogP contribution < -0.4 is 0 Å². The Hall–Kier alpha value is -1.88. The van der Waals surface area contributed by atoms with E-state index < -0.39 is 0 Å². The maximum absolute atomic E-state index is 4.04. The van der Waals surface area contributed by atoms with Crippen LogP contribution >= 0.6 is 11.8 Å². The van der Waals surface area contributed by atoms with E-state index in [9.17, 15) is 0 Å². The zero-order chi connectivity index (χ0) is 11.7. The highest BCUT2D eigenvalue weighted by molar-refractivity contribution is 7.98. The van der Waals surface area contributed by atoms with E-state index in [4.69, 9.17) is 0 Å². The summed E-state index contributed by atoms with van der Waals surface area (Å²) < 4.78 is 1.77. The third-order valence-corrected chi connectivity index (χ3v) is 3.24. The van der Waals surface area contributed by atoms with Gasteiger partial charge in [0.1, 0.15) is 0 Å². The molecule has 0 saturated heterocycles. The highest BCUT2D eigenvalue weighted by Gasteiger charge is 2.09. The summed E-state index contributed by atoms with van der Waals surface area (Å²) in [6.45, 7) is 0. The largest absolute Gasteiger partial charge is 0.213 e. The molecule has 1 heterocycles. The molecule has 4 nitrogen and oxygen atoms in total. The van der Waals surface area contributed by atoms with Crippen molar-refractivity contribution in [3.63, 3.8) is 0 Å². The van der Waals surface area contributed by atoms with Crippen LogP contribution in [0.25, 0.3) is 16.5 Å². The van der Waals surface area contributed by atoms with Gasteiger partial charge in [-0.2, -0.15) is 4.68 Å². The van der Waals surface area contributed by atoms with Gasteiger partial charge in [0.05, 0.1) is 5.69 Å². The third kappa shape index (κ3) is 1.68. The number of thioether (sulfide) groups is 1. The van der Waals surface area contributed by atoms with Gasteiger partial charge in [-0.25, -0.2) is 0 Å². The lowest BCUT2D eigenvalue weighted by atomic mass is 10.1. The molecule has 84 valence electrons. The quantitative estimate of drug-likeness (QED) is 0.648. The molecule has 0 atom stereocenters. The molecule has 0 fully saturated rings. The Morgan fingerprint density at radius 2 is 1.88 bits per heavy atom. The van der Waals surface area contributed by atoms with Crippen molar-refractivity contribution in [3.05, 3.63) is 42.5 Å². The molecule has 3 aromatic rings. The molecular weight excluding hydrogens is 232 g/mol. The summed E-state index contributed by atoms with van der Waals surface area (Å²) in [5.41, 5.74) is 1.01. The number of tetrazole rings is 1. The molecule has 0 aliphatic heterocycles. The lowest BCUT2D eigenvalue weighted by Crippen LogP contribution is -1.99. The summed E-state index contributed by atoms with van der Waals surface area (Å²) in [6.07, 6.45) is 1.97. The number of nitrogens with zero attached hydrogens (tertiary/aromatic N) is 4. The fourth-order valence-corrected chi connectivity index (χ4v) is 2.28. The van der Waals surface area contributed by atoms with Crippen molar-refractivity contribution in [3.8, 4) is 5.69 Å². The van der Waals surface area contributed by atoms with E-state index in [1.807, 2.05) is 30.5 Å². The molecule has 17 heavy (non-hydrogen) atoms. The van der Waals surface area contributed by atoms with Gasteiger partial charge < -0.3 is 0 Å². The summed E-state index contributed by atoms with van der Waals surface area (Å²) >= 11 is 1.53. The van der Waals surface area contributed by atoms with Crippen molar-refractivity contribution in [2.75, 3.05) is 6.26 Å². The second-order valence-corrected chi connectivity index (χ2v) is 4.35. The first-order valence-electron chi connectivity index (χ1n) is 5.20. The van der Waals surface area contributed by atoms with Gasteiger partial charge >= 0.3 is 0 Å². The van der Waals surface area contributed by atoms with Gasteiger partial charge in [-0.15, -0.1) is 5.10 Å². The first kappa shape index (κ1) is 10.3. The monoisotopic (exact) mass is 242 g/mol. The smallest absolute Gasteiger partial charge is 0.187 e. The average Bonchev–Trinajstić information content (AvgIpc) is 2.86. The molecule has 0 bridgehead atoms. The van der Waals surface area contributed by atoms with Crippen molar-refractivity contribution in [2.24, 2.45) is 0 Å². The Kier molecular flexibility index (Phi) is 2.53. The van der Waals surface area contributed by atoms with Crippen LogP contribution in [0.5, 0.6) is 0 Å². The zero-order valence-electron chi connectivity index (χ0n) is 9.24. The predicted octanol–water partition coefficient (Wildman–Crippen LogP) is 2.54. The minimum absolute atomic E-state index is 0.793. The number of hydrogen-bond donors (Lipinski definition) is 0. The molecule has 0 spiro atoms. The molecule has 3 rings (SSSR count). The summed E-state index contributed by atoms with van der Waals surface area (Å²) in [5, 5.41) is 14.9. The van der Waals surface area contributed by atoms with Crippen molar-refractivity contribution < 1.29 is 0 Å². The van der Waals surface area contributed by atoms with Gasteiger partial charge in [0.15, 0.2) is 0 Å². The molecule has 0 aliphatic rings. The Bertz CT molecular complexity index is 657. The second-order valence-electron chi connectivity index (χ2n) is 3.58. The van der Waals surface area contributed by atoms with E-state index in [-0.39, 0.29) is 0 Å². The lowest BCUT2D eigenvalue weighted by Gasteiger charge is -2.06. The Morgan fingerprint density at radius 3 is 2.76 bits per heavy atom. The van der Waals surface area contributed by atoms with E-state index in [1.165, 1.54) is 17.1 Å². The number of hydrogen-bond acceptors (Lipinski definition) is 4. The van der Waals surface area contributed by atoms with Gasteiger partial charge in [0, 0.05) is 5.39 Å². The average molecular weight is 242 g/mol. The van der Waals surface area contributed by atoms with E-state index >= 15 is 0 Å². The van der Waals surface area contributed by atoms with Gasteiger partial charge in [0.25, 0.3) is 0 Å². The lowest BCUT2D eigenvalue weighted by molar-refractivity contribution is 0.762. The third-order valence-electron chi connectivity index (χ3n) is 2.62. The van der Waals surface area contributed by atoms with Gasteiger partial charge in [0.2, 0.25) is 5.16 Å². The highest BCUT2D eigenvalue weighted by atomic mass is 32.2. The number of aromatic nitrogens is 4. The van der Waals surface area contributed by atoms with Crippen LogP contribution in [0.15, 0.2) is 47.6 Å². The SMILES string of the molecule is CSc1nnnn1-c1cccc2ccccc12. The number of benzene rings is 2. The summed E-state index contributed by atoms with van der Waals surface area (Å²) in [5.74, 6) is 0. The van der Waals surface area contributed by atoms with Crippen LogP contribution in [0.3, 0.4) is 0 Å². The Morgan fingerprint density at radius 1 is 1.06 bits per heavy atom. The predicted molar refractivity (Wildman–Crippen MR) is 68.4 cm³/mol. The zero-order valence-corrected chi connectivity index (χ0v) is 10.1. The van der Waals surface area contributed by atoms with Crippen LogP contribution in [0, 0.1) is 0 Å². The number of fused-ring (bicyclic) bond motifs is 1. The van der Waals surface area contributed by atoms with Gasteiger partial charge in [-0.1, -0.05) is 48.2 Å². The first-order valence-corrected chi connectivity index (χ1v) is 6.43. The molecule has 0 amide bonds. The van der Waals surface area contributed by atoms with E-state index in [2.05, 4.69) is 33.7 Å². The summed E-state index contributed by atoms with van der Waals surface area (Å²) in [6, 6.07) is 14.3. The molecular formula is C12H10N4S. The standard InChI is InChI=1S/C12H10N4S/c1-17-12-13-14-15-16(12)11-8-4-6-9-5-2-3-7-10(9)11/h2-8H,1H3. The fraction of sp³-hybridized carbons (Fsp3) is 0.0833. The van der Waals surface area contributed by atoms with Crippen LogP contribution in [0.2, 0.25) is 0 Å². The molecule has 0 saturated carbocycles. The van der Waals surface area contributed by atoms with E-state index in [0.717, 1.165) is 16.2 Å². The van der Waals surface area contributed by atoms with Crippen LogP contribution in [0.4, 0.5) is 0 Å². The first-order chi connectivity index (χ1) is 8.40. The Balaban J connectivity index is 2.31. The van der Waals surface area contributed by atoms with Crippen LogP contribution in [-0.4, -0.2) is 26.5 Å². The van der Waals surface area contributed by atoms with Gasteiger partial charge in [-0.3, -0.25) is 0 Å². The van der Waals surface area contributed by atoms with E-state index in [1.54, 1.807) is 4.68 Å². The van der Waals surface area contributed by atoms with Crippen molar-refractivity contribution in [2.45, 2.75) is 5.16 Å². The highest BCUT2D eigenvalue weighted by Crippen LogP contribution is 2.23. The summed E-state index contributed by atoms with van der Waals surface area (Å²) in [7, 11) is 0. The summed E-state index contributed by atoms with van der Waals surface area (Å²) in [4.78, 5) is 0. The van der Waals surface area contributed by atoms with Crippen molar-refractivity contribution in [1.29, 1.82) is 0 Å². The van der Waals surface area contributed by atoms with Gasteiger partial charge in [-0.05, 0) is 28.1 Å². The Labute approximate surface area is 103 Å². The van der Waals surface area contributed by atoms with Crippen molar-refractivity contribution >= 4 is 22.5 Å². The fourth-order valence-electron chi connectivity index (χ4n) is 1.85. The molecule has 0 aliphatic carbocycles. The van der Waals surface area contributed by atoms with Crippen molar-refractivity contribution in [1.82, 2.24) is 20.2 Å². The minimum atomic E-state index is 0.793. The number of rotatable bonds is 2. The maximum atomic E-state index is 4.04. The second kappa shape index (κ2) is 4.18. The maximum Gasteiger partial charge on any atom is 0.213 e. The topological polar surface area (TPSA) is 43.6 Å². The normalized spacial score (nSPS) is 10.9. The minimum Gasteiger partial charge on any atom is -0.187 e. The molecule has 2 aromatic carbocycles. The molecule has 5 heteroatoms. The van der Waals surface area contributed by atoms with Crippen LogP contribution in [0.1, 0.15) is 0 Å².